The van der Waals surface area contributed by atoms with Crippen molar-refractivity contribution in [3.05, 3.63) is 35.6 Å². The molecule has 3 unspecified atom stereocenters. The highest BCUT2D eigenvalue weighted by Crippen LogP contribution is 2.29. The summed E-state index contributed by atoms with van der Waals surface area (Å²) in [4.78, 5) is 0. The molecule has 0 saturated heterocycles. The smallest absolute Gasteiger partial charge is 0.123 e. The minimum atomic E-state index is -0.203. The molecular weight excluding hydrogens is 245 g/mol. The summed E-state index contributed by atoms with van der Waals surface area (Å²) in [5.74, 6) is -0.203. The lowest BCUT2D eigenvalue weighted by atomic mass is 9.84. The number of hydrogen-bond acceptors (Lipinski definition) is 3. The fourth-order valence-corrected chi connectivity index (χ4v) is 2.61. The van der Waals surface area contributed by atoms with Gasteiger partial charge in [0.1, 0.15) is 5.82 Å². The molecule has 19 heavy (non-hydrogen) atoms. The van der Waals surface area contributed by atoms with Gasteiger partial charge in [-0.25, -0.2) is 4.39 Å². The minimum absolute atomic E-state index is 0.0999. The van der Waals surface area contributed by atoms with Crippen LogP contribution in [0.15, 0.2) is 24.3 Å². The van der Waals surface area contributed by atoms with E-state index in [1.807, 2.05) is 19.1 Å². The Balaban J connectivity index is 1.89. The third-order valence-electron chi connectivity index (χ3n) is 3.74. The Morgan fingerprint density at radius 1 is 1.37 bits per heavy atom. The summed E-state index contributed by atoms with van der Waals surface area (Å²) in [5.41, 5.74) is 1.08. The Hall–Kier alpha value is -0.970. The van der Waals surface area contributed by atoms with Crippen molar-refractivity contribution in [3.8, 4) is 0 Å². The van der Waals surface area contributed by atoms with E-state index >= 15 is 0 Å². The molecule has 0 aliphatic heterocycles. The average Bonchev–Trinajstić information content (AvgIpc) is 2.38. The third-order valence-corrected chi connectivity index (χ3v) is 3.74. The van der Waals surface area contributed by atoms with Gasteiger partial charge in [0.15, 0.2) is 0 Å². The van der Waals surface area contributed by atoms with Crippen molar-refractivity contribution in [2.45, 2.75) is 44.6 Å². The van der Waals surface area contributed by atoms with Crippen molar-refractivity contribution < 1.29 is 13.9 Å². The highest BCUT2D eigenvalue weighted by molar-refractivity contribution is 5.20. The molecule has 0 spiro atoms. The van der Waals surface area contributed by atoms with E-state index in [2.05, 4.69) is 12.2 Å². The van der Waals surface area contributed by atoms with Gasteiger partial charge in [0, 0.05) is 25.8 Å². The zero-order chi connectivity index (χ0) is 13.8. The Labute approximate surface area is 114 Å². The van der Waals surface area contributed by atoms with Gasteiger partial charge in [0.05, 0.1) is 12.2 Å². The number of hydrogen-bond donors (Lipinski definition) is 1. The van der Waals surface area contributed by atoms with Gasteiger partial charge in [-0.3, -0.25) is 0 Å². The van der Waals surface area contributed by atoms with E-state index in [0.717, 1.165) is 12.0 Å². The quantitative estimate of drug-likeness (QED) is 0.859. The van der Waals surface area contributed by atoms with Crippen LogP contribution >= 0.6 is 0 Å². The van der Waals surface area contributed by atoms with Crippen LogP contribution in [0.5, 0.6) is 0 Å². The van der Waals surface area contributed by atoms with Crippen LogP contribution in [0.2, 0.25) is 0 Å². The van der Waals surface area contributed by atoms with Crippen molar-refractivity contribution in [1.29, 1.82) is 0 Å². The minimum Gasteiger partial charge on any atom is -0.377 e. The SMILES string of the molecule is CCOC1CC(N[C@H](C)c2ccc(F)cc2)C1OC. The fourth-order valence-electron chi connectivity index (χ4n) is 2.61. The fraction of sp³-hybridized carbons (Fsp3) is 0.600. The number of rotatable bonds is 6. The van der Waals surface area contributed by atoms with Crippen molar-refractivity contribution in [3.63, 3.8) is 0 Å². The summed E-state index contributed by atoms with van der Waals surface area (Å²) in [6, 6.07) is 7.07. The maximum absolute atomic E-state index is 12.9. The molecule has 106 valence electrons. The lowest BCUT2D eigenvalue weighted by Gasteiger charge is -2.44. The van der Waals surface area contributed by atoms with E-state index in [-0.39, 0.29) is 24.1 Å². The molecule has 3 nitrogen and oxygen atoms in total. The predicted molar refractivity (Wildman–Crippen MR) is 72.6 cm³/mol. The van der Waals surface area contributed by atoms with Crippen LogP contribution < -0.4 is 5.32 Å². The predicted octanol–water partition coefficient (Wildman–Crippen LogP) is 2.67. The Bertz CT molecular complexity index is 396. The van der Waals surface area contributed by atoms with Gasteiger partial charge in [-0.2, -0.15) is 0 Å². The molecule has 0 aromatic heterocycles. The molecule has 4 heteroatoms. The topological polar surface area (TPSA) is 30.5 Å². The van der Waals surface area contributed by atoms with Crippen molar-refractivity contribution in [2.24, 2.45) is 0 Å². The summed E-state index contributed by atoms with van der Waals surface area (Å²) in [6.45, 7) is 4.79. The Morgan fingerprint density at radius 2 is 2.05 bits per heavy atom. The second-order valence-electron chi connectivity index (χ2n) is 4.98. The highest BCUT2D eigenvalue weighted by Gasteiger charge is 2.42. The molecule has 0 radical (unpaired) electrons. The normalized spacial score (nSPS) is 27.9. The number of benzene rings is 1. The average molecular weight is 267 g/mol. The van der Waals surface area contributed by atoms with Crippen LogP contribution in [0.25, 0.3) is 0 Å². The zero-order valence-electron chi connectivity index (χ0n) is 11.7. The molecule has 1 aromatic rings. The van der Waals surface area contributed by atoms with Gasteiger partial charge in [-0.05, 0) is 38.0 Å². The largest absolute Gasteiger partial charge is 0.377 e. The van der Waals surface area contributed by atoms with E-state index in [0.29, 0.717) is 12.6 Å². The standard InChI is InChI=1S/C15H22FNO2/c1-4-19-14-9-13(15(14)18-3)17-10(2)11-5-7-12(16)8-6-11/h5-8,10,13-15,17H,4,9H2,1-3H3/t10-,13?,14?,15?/m1/s1. The summed E-state index contributed by atoms with van der Waals surface area (Å²) < 4.78 is 24.0. The first kappa shape index (κ1) is 14.4. The van der Waals surface area contributed by atoms with E-state index in [1.54, 1.807) is 7.11 Å². The highest BCUT2D eigenvalue weighted by atomic mass is 19.1. The van der Waals surface area contributed by atoms with E-state index in [9.17, 15) is 4.39 Å². The van der Waals surface area contributed by atoms with E-state index < -0.39 is 0 Å². The summed E-state index contributed by atoms with van der Waals surface area (Å²) in [5, 5.41) is 3.51. The van der Waals surface area contributed by atoms with Crippen LogP contribution in [-0.2, 0) is 9.47 Å². The van der Waals surface area contributed by atoms with Gasteiger partial charge < -0.3 is 14.8 Å². The van der Waals surface area contributed by atoms with E-state index in [4.69, 9.17) is 9.47 Å². The number of methoxy groups -OCH3 is 1. The summed E-state index contributed by atoms with van der Waals surface area (Å²) in [6.07, 6.45) is 1.24. The van der Waals surface area contributed by atoms with Gasteiger partial charge in [0.25, 0.3) is 0 Å². The molecule has 1 saturated carbocycles. The summed E-state index contributed by atoms with van der Waals surface area (Å²) in [7, 11) is 1.72. The molecule has 4 atom stereocenters. The third kappa shape index (κ3) is 3.32. The van der Waals surface area contributed by atoms with Crippen LogP contribution in [0.1, 0.15) is 31.9 Å². The van der Waals surface area contributed by atoms with Crippen molar-refractivity contribution in [2.75, 3.05) is 13.7 Å². The molecule has 0 amide bonds. The van der Waals surface area contributed by atoms with Gasteiger partial charge in [-0.15, -0.1) is 0 Å². The second-order valence-corrected chi connectivity index (χ2v) is 4.98. The number of nitrogens with one attached hydrogen (secondary N) is 1. The van der Waals surface area contributed by atoms with Crippen molar-refractivity contribution >= 4 is 0 Å². The number of ether oxygens (including phenoxy) is 2. The molecule has 1 aromatic carbocycles. The molecule has 1 aliphatic rings. The van der Waals surface area contributed by atoms with Gasteiger partial charge in [-0.1, -0.05) is 12.1 Å². The molecular formula is C15H22FNO2. The number of halogens is 1. The van der Waals surface area contributed by atoms with Crippen LogP contribution in [-0.4, -0.2) is 32.0 Å². The van der Waals surface area contributed by atoms with Crippen LogP contribution in [0.4, 0.5) is 4.39 Å². The monoisotopic (exact) mass is 267 g/mol. The van der Waals surface area contributed by atoms with Crippen molar-refractivity contribution in [1.82, 2.24) is 5.32 Å². The molecule has 1 N–H and O–H groups in total. The molecule has 0 bridgehead atoms. The van der Waals surface area contributed by atoms with Gasteiger partial charge >= 0.3 is 0 Å². The maximum atomic E-state index is 12.9. The first-order valence-electron chi connectivity index (χ1n) is 6.81. The van der Waals surface area contributed by atoms with Crippen LogP contribution in [0.3, 0.4) is 0 Å². The summed E-state index contributed by atoms with van der Waals surface area (Å²) >= 11 is 0. The molecule has 1 aliphatic carbocycles. The van der Waals surface area contributed by atoms with Crippen LogP contribution in [0, 0.1) is 5.82 Å². The Morgan fingerprint density at radius 3 is 2.63 bits per heavy atom. The van der Waals surface area contributed by atoms with Gasteiger partial charge in [0.2, 0.25) is 0 Å². The lowest BCUT2D eigenvalue weighted by molar-refractivity contribution is -0.133. The zero-order valence-corrected chi connectivity index (χ0v) is 11.7. The maximum Gasteiger partial charge on any atom is 0.123 e. The van der Waals surface area contributed by atoms with E-state index in [1.165, 1.54) is 12.1 Å². The Kier molecular flexibility index (Phi) is 4.91. The second kappa shape index (κ2) is 6.46. The first-order valence-corrected chi connectivity index (χ1v) is 6.81. The first-order chi connectivity index (χ1) is 9.15. The lowest BCUT2D eigenvalue weighted by Crippen LogP contribution is -2.60. The molecule has 1 fully saturated rings. The molecule has 0 heterocycles. The molecule has 2 rings (SSSR count).